The molecule has 0 aliphatic heterocycles. The molecule has 0 spiro atoms. The van der Waals surface area contributed by atoms with Gasteiger partial charge in [-0.15, -0.1) is 0 Å². The summed E-state index contributed by atoms with van der Waals surface area (Å²) >= 11 is 7.77. The van der Waals surface area contributed by atoms with Crippen LogP contribution in [0, 0.1) is 6.92 Å². The molecule has 0 saturated carbocycles. The second-order valence-electron chi connectivity index (χ2n) is 4.18. The van der Waals surface area contributed by atoms with Gasteiger partial charge in [0.1, 0.15) is 0 Å². The second kappa shape index (κ2) is 4.71. The smallest absolute Gasteiger partial charge is 0.0467 e. The Hall–Kier alpha value is -1.38. The summed E-state index contributed by atoms with van der Waals surface area (Å²) in [4.78, 5) is 5.84. The molecule has 0 bridgehead atoms. The minimum atomic E-state index is 0.775. The Kier molecular flexibility index (Phi) is 3.06. The van der Waals surface area contributed by atoms with E-state index in [0.29, 0.717) is 0 Å². The van der Waals surface area contributed by atoms with Gasteiger partial charge >= 0.3 is 0 Å². The van der Waals surface area contributed by atoms with Crippen molar-refractivity contribution in [2.75, 3.05) is 0 Å². The SMILES string of the molecule is Cc1[nH]c2ccccc2c1Sc1cccc(Cl)c1. The monoisotopic (exact) mass is 273 g/mol. The van der Waals surface area contributed by atoms with E-state index in [9.17, 15) is 0 Å². The van der Waals surface area contributed by atoms with Gasteiger partial charge in [0.25, 0.3) is 0 Å². The number of aryl methyl sites for hydroxylation is 1. The van der Waals surface area contributed by atoms with Crippen LogP contribution in [0.5, 0.6) is 0 Å². The Balaban J connectivity index is 2.07. The molecule has 0 amide bonds. The molecule has 0 unspecified atom stereocenters. The zero-order valence-corrected chi connectivity index (χ0v) is 11.5. The molecule has 1 aromatic heterocycles. The lowest BCUT2D eigenvalue weighted by Crippen LogP contribution is -1.76. The predicted octanol–water partition coefficient (Wildman–Crippen LogP) is 5.28. The summed E-state index contributed by atoms with van der Waals surface area (Å²) in [6, 6.07) is 16.3. The van der Waals surface area contributed by atoms with E-state index in [1.165, 1.54) is 21.5 Å². The average molecular weight is 274 g/mol. The number of benzene rings is 2. The van der Waals surface area contributed by atoms with Crippen LogP contribution in [0.4, 0.5) is 0 Å². The van der Waals surface area contributed by atoms with Crippen LogP contribution in [-0.2, 0) is 0 Å². The first-order valence-electron chi connectivity index (χ1n) is 5.75. The highest BCUT2D eigenvalue weighted by Gasteiger charge is 2.09. The zero-order chi connectivity index (χ0) is 12.5. The van der Waals surface area contributed by atoms with Crippen LogP contribution in [0.25, 0.3) is 10.9 Å². The van der Waals surface area contributed by atoms with Crippen LogP contribution >= 0.6 is 23.4 Å². The summed E-state index contributed by atoms with van der Waals surface area (Å²) in [5, 5.41) is 2.04. The number of aromatic amines is 1. The predicted molar refractivity (Wildman–Crippen MR) is 78.6 cm³/mol. The van der Waals surface area contributed by atoms with E-state index >= 15 is 0 Å². The van der Waals surface area contributed by atoms with Crippen molar-refractivity contribution < 1.29 is 0 Å². The van der Waals surface area contributed by atoms with Crippen LogP contribution in [0.2, 0.25) is 5.02 Å². The van der Waals surface area contributed by atoms with E-state index in [1.54, 1.807) is 11.8 Å². The molecule has 18 heavy (non-hydrogen) atoms. The Bertz CT molecular complexity index is 703. The fraction of sp³-hybridized carbons (Fsp3) is 0.0667. The minimum absolute atomic E-state index is 0.775. The number of para-hydroxylation sites is 1. The maximum absolute atomic E-state index is 6.02. The third kappa shape index (κ3) is 2.14. The Morgan fingerprint density at radius 3 is 2.72 bits per heavy atom. The van der Waals surface area contributed by atoms with E-state index in [4.69, 9.17) is 11.6 Å². The summed E-state index contributed by atoms with van der Waals surface area (Å²) < 4.78 is 0. The number of hydrogen-bond donors (Lipinski definition) is 1. The third-order valence-corrected chi connectivity index (χ3v) is 4.31. The highest BCUT2D eigenvalue weighted by atomic mass is 35.5. The summed E-state index contributed by atoms with van der Waals surface area (Å²) in [5.41, 5.74) is 2.38. The van der Waals surface area contributed by atoms with Crippen molar-refractivity contribution in [2.45, 2.75) is 16.7 Å². The lowest BCUT2D eigenvalue weighted by Gasteiger charge is -2.02. The van der Waals surface area contributed by atoms with Crippen molar-refractivity contribution >= 4 is 34.3 Å². The normalized spacial score (nSPS) is 11.0. The van der Waals surface area contributed by atoms with Gasteiger partial charge in [0, 0.05) is 31.4 Å². The number of hydrogen-bond acceptors (Lipinski definition) is 1. The Labute approximate surface area is 115 Å². The third-order valence-electron chi connectivity index (χ3n) is 2.85. The number of nitrogens with one attached hydrogen (secondary N) is 1. The Morgan fingerprint density at radius 2 is 1.89 bits per heavy atom. The maximum atomic E-state index is 6.02. The van der Waals surface area contributed by atoms with E-state index in [-0.39, 0.29) is 0 Å². The highest BCUT2D eigenvalue weighted by molar-refractivity contribution is 7.99. The first kappa shape index (κ1) is 11.7. The van der Waals surface area contributed by atoms with Crippen LogP contribution in [0.15, 0.2) is 58.3 Å². The molecule has 2 aromatic carbocycles. The van der Waals surface area contributed by atoms with E-state index in [2.05, 4.69) is 36.2 Å². The Morgan fingerprint density at radius 1 is 1.06 bits per heavy atom. The molecular weight excluding hydrogens is 262 g/mol. The number of fused-ring (bicyclic) bond motifs is 1. The van der Waals surface area contributed by atoms with E-state index in [1.807, 2.05) is 24.3 Å². The molecule has 90 valence electrons. The number of halogens is 1. The average Bonchev–Trinajstić information content (AvgIpc) is 2.66. The van der Waals surface area contributed by atoms with Gasteiger partial charge in [-0.2, -0.15) is 0 Å². The van der Waals surface area contributed by atoms with Gasteiger partial charge in [-0.25, -0.2) is 0 Å². The molecular formula is C15H12ClNS. The van der Waals surface area contributed by atoms with Crippen molar-refractivity contribution in [3.05, 3.63) is 59.2 Å². The van der Waals surface area contributed by atoms with Crippen molar-refractivity contribution in [2.24, 2.45) is 0 Å². The van der Waals surface area contributed by atoms with Gasteiger partial charge in [-0.1, -0.05) is 47.6 Å². The van der Waals surface area contributed by atoms with Crippen molar-refractivity contribution in [1.29, 1.82) is 0 Å². The molecule has 0 radical (unpaired) electrons. The van der Waals surface area contributed by atoms with Gasteiger partial charge in [-0.05, 0) is 31.2 Å². The fourth-order valence-corrected chi connectivity index (χ4v) is 3.35. The lowest BCUT2D eigenvalue weighted by atomic mass is 10.2. The molecule has 3 rings (SSSR count). The molecule has 0 aliphatic rings. The standard InChI is InChI=1S/C15H12ClNS/c1-10-15(13-7-2-3-8-14(13)17-10)18-12-6-4-5-11(16)9-12/h2-9,17H,1H3. The van der Waals surface area contributed by atoms with Crippen molar-refractivity contribution in [3.8, 4) is 0 Å². The van der Waals surface area contributed by atoms with Gasteiger partial charge in [0.2, 0.25) is 0 Å². The quantitative estimate of drug-likeness (QED) is 0.671. The maximum Gasteiger partial charge on any atom is 0.0467 e. The topological polar surface area (TPSA) is 15.8 Å². The second-order valence-corrected chi connectivity index (χ2v) is 5.70. The number of rotatable bonds is 2. The first-order valence-corrected chi connectivity index (χ1v) is 6.94. The largest absolute Gasteiger partial charge is 0.358 e. The van der Waals surface area contributed by atoms with E-state index in [0.717, 1.165) is 9.92 Å². The summed E-state index contributed by atoms with van der Waals surface area (Å²) in [7, 11) is 0. The zero-order valence-electron chi connectivity index (χ0n) is 9.91. The summed E-state index contributed by atoms with van der Waals surface area (Å²) in [6.07, 6.45) is 0. The fourth-order valence-electron chi connectivity index (χ4n) is 2.03. The van der Waals surface area contributed by atoms with Gasteiger partial charge < -0.3 is 4.98 Å². The molecule has 0 fully saturated rings. The highest BCUT2D eigenvalue weighted by Crippen LogP contribution is 2.36. The molecule has 0 aliphatic carbocycles. The number of H-pyrrole nitrogens is 1. The van der Waals surface area contributed by atoms with Crippen LogP contribution in [0.1, 0.15) is 5.69 Å². The van der Waals surface area contributed by atoms with Gasteiger partial charge in [0.15, 0.2) is 0 Å². The number of aromatic nitrogens is 1. The minimum Gasteiger partial charge on any atom is -0.358 e. The van der Waals surface area contributed by atoms with Gasteiger partial charge in [-0.3, -0.25) is 0 Å². The van der Waals surface area contributed by atoms with E-state index < -0.39 is 0 Å². The summed E-state index contributed by atoms with van der Waals surface area (Å²) in [5.74, 6) is 0. The van der Waals surface area contributed by atoms with Crippen LogP contribution in [-0.4, -0.2) is 4.98 Å². The molecule has 1 heterocycles. The summed E-state index contributed by atoms with van der Waals surface area (Å²) in [6.45, 7) is 2.10. The first-order chi connectivity index (χ1) is 8.74. The van der Waals surface area contributed by atoms with Crippen molar-refractivity contribution in [3.63, 3.8) is 0 Å². The van der Waals surface area contributed by atoms with Gasteiger partial charge in [0.05, 0.1) is 0 Å². The molecule has 3 aromatic rings. The van der Waals surface area contributed by atoms with Crippen molar-refractivity contribution in [1.82, 2.24) is 4.98 Å². The lowest BCUT2D eigenvalue weighted by molar-refractivity contribution is 1.23. The molecule has 1 nitrogen and oxygen atoms in total. The van der Waals surface area contributed by atoms with Crippen LogP contribution < -0.4 is 0 Å². The molecule has 1 N–H and O–H groups in total. The molecule has 0 atom stereocenters. The molecule has 3 heteroatoms. The van der Waals surface area contributed by atoms with Crippen LogP contribution in [0.3, 0.4) is 0 Å². The molecule has 0 saturated heterocycles.